The molecule has 0 saturated heterocycles. The number of rotatable bonds is 4. The van der Waals surface area contributed by atoms with Crippen LogP contribution < -0.4 is 10.6 Å². The molecule has 2 aliphatic rings. The monoisotopic (exact) mass is 182 g/mol. The van der Waals surface area contributed by atoms with Gasteiger partial charge in [0, 0.05) is 12.1 Å². The maximum Gasteiger partial charge on any atom is 0.237 e. The van der Waals surface area contributed by atoms with E-state index in [0.29, 0.717) is 12.1 Å². The minimum atomic E-state index is -0.00843. The molecule has 0 aliphatic heterocycles. The van der Waals surface area contributed by atoms with E-state index < -0.39 is 0 Å². The lowest BCUT2D eigenvalue weighted by molar-refractivity contribution is -0.123. The van der Waals surface area contributed by atoms with E-state index in [9.17, 15) is 4.79 Å². The fourth-order valence-electron chi connectivity index (χ4n) is 1.56. The summed E-state index contributed by atoms with van der Waals surface area (Å²) in [4.78, 5) is 11.5. The lowest BCUT2D eigenvalue weighted by Crippen LogP contribution is -2.49. The first-order valence-electron chi connectivity index (χ1n) is 5.32. The fourth-order valence-corrected chi connectivity index (χ4v) is 1.56. The summed E-state index contributed by atoms with van der Waals surface area (Å²) in [5.41, 5.74) is 0. The van der Waals surface area contributed by atoms with Gasteiger partial charge in [0.15, 0.2) is 0 Å². The summed E-state index contributed by atoms with van der Waals surface area (Å²) < 4.78 is 0. The zero-order valence-electron chi connectivity index (χ0n) is 8.18. The molecule has 1 unspecified atom stereocenters. The zero-order chi connectivity index (χ0) is 9.26. The lowest BCUT2D eigenvalue weighted by atomic mass is 9.92. The topological polar surface area (TPSA) is 41.1 Å². The molecular weight excluding hydrogens is 164 g/mol. The van der Waals surface area contributed by atoms with E-state index in [1.54, 1.807) is 0 Å². The van der Waals surface area contributed by atoms with Crippen LogP contribution in [0.5, 0.6) is 0 Å². The van der Waals surface area contributed by atoms with Gasteiger partial charge in [-0.1, -0.05) is 6.42 Å². The Bertz CT molecular complexity index is 197. The van der Waals surface area contributed by atoms with Crippen LogP contribution in [0.2, 0.25) is 0 Å². The third-order valence-corrected chi connectivity index (χ3v) is 2.91. The summed E-state index contributed by atoms with van der Waals surface area (Å²) in [5, 5.41) is 6.34. The lowest BCUT2D eigenvalue weighted by Gasteiger charge is -2.29. The van der Waals surface area contributed by atoms with E-state index in [1.165, 1.54) is 32.1 Å². The molecular formula is C10H18N2O. The van der Waals surface area contributed by atoms with E-state index in [2.05, 4.69) is 10.6 Å². The Balaban J connectivity index is 1.67. The number of amides is 1. The number of nitrogens with one attached hydrogen (secondary N) is 2. The molecule has 0 aromatic rings. The van der Waals surface area contributed by atoms with Gasteiger partial charge in [-0.05, 0) is 32.6 Å². The number of hydrogen-bond donors (Lipinski definition) is 2. The molecule has 2 aliphatic carbocycles. The van der Waals surface area contributed by atoms with Crippen molar-refractivity contribution >= 4 is 5.91 Å². The summed E-state index contributed by atoms with van der Waals surface area (Å²) in [6.07, 6.45) is 6.13. The Labute approximate surface area is 79.3 Å². The van der Waals surface area contributed by atoms with Gasteiger partial charge in [0.2, 0.25) is 5.91 Å². The molecule has 1 amide bonds. The highest BCUT2D eigenvalue weighted by Crippen LogP contribution is 2.20. The van der Waals surface area contributed by atoms with Crippen LogP contribution in [-0.4, -0.2) is 24.0 Å². The van der Waals surface area contributed by atoms with E-state index >= 15 is 0 Å². The van der Waals surface area contributed by atoms with Crippen LogP contribution in [0.25, 0.3) is 0 Å². The van der Waals surface area contributed by atoms with Crippen molar-refractivity contribution in [2.45, 2.75) is 57.2 Å². The average Bonchev–Trinajstić information content (AvgIpc) is 2.79. The number of carbonyl (C=O) groups is 1. The van der Waals surface area contributed by atoms with Gasteiger partial charge in [-0.25, -0.2) is 0 Å². The van der Waals surface area contributed by atoms with Crippen LogP contribution in [0.15, 0.2) is 0 Å². The van der Waals surface area contributed by atoms with Gasteiger partial charge in [0.25, 0.3) is 0 Å². The van der Waals surface area contributed by atoms with E-state index in [1.807, 2.05) is 6.92 Å². The Morgan fingerprint density at radius 2 is 1.92 bits per heavy atom. The maximum atomic E-state index is 11.5. The van der Waals surface area contributed by atoms with Crippen LogP contribution in [0, 0.1) is 0 Å². The predicted octanol–water partition coefficient (Wildman–Crippen LogP) is 0.796. The Morgan fingerprint density at radius 3 is 2.38 bits per heavy atom. The van der Waals surface area contributed by atoms with Crippen molar-refractivity contribution in [1.82, 2.24) is 10.6 Å². The molecule has 0 aromatic carbocycles. The van der Waals surface area contributed by atoms with E-state index in [0.717, 1.165) is 0 Å². The molecule has 74 valence electrons. The normalized spacial score (nSPS) is 25.0. The van der Waals surface area contributed by atoms with Crippen LogP contribution in [0.1, 0.15) is 39.0 Å². The molecule has 13 heavy (non-hydrogen) atoms. The van der Waals surface area contributed by atoms with Gasteiger partial charge < -0.3 is 10.6 Å². The van der Waals surface area contributed by atoms with Crippen molar-refractivity contribution in [3.63, 3.8) is 0 Å². The highest BCUT2D eigenvalue weighted by Gasteiger charge is 2.27. The largest absolute Gasteiger partial charge is 0.352 e. The molecule has 3 heteroatoms. The third-order valence-electron chi connectivity index (χ3n) is 2.91. The molecule has 0 heterocycles. The summed E-state index contributed by atoms with van der Waals surface area (Å²) >= 11 is 0. The second-order valence-electron chi connectivity index (χ2n) is 4.30. The molecule has 1 atom stereocenters. The van der Waals surface area contributed by atoms with Gasteiger partial charge in [0.05, 0.1) is 6.04 Å². The Kier molecular flexibility index (Phi) is 2.54. The summed E-state index contributed by atoms with van der Waals surface area (Å²) in [7, 11) is 0. The molecule has 2 fully saturated rings. The van der Waals surface area contributed by atoms with Crippen LogP contribution in [0.4, 0.5) is 0 Å². The first-order valence-corrected chi connectivity index (χ1v) is 5.32. The van der Waals surface area contributed by atoms with Crippen molar-refractivity contribution in [1.29, 1.82) is 0 Å². The molecule has 0 bridgehead atoms. The molecule has 0 radical (unpaired) electrons. The van der Waals surface area contributed by atoms with E-state index in [-0.39, 0.29) is 11.9 Å². The van der Waals surface area contributed by atoms with Gasteiger partial charge >= 0.3 is 0 Å². The van der Waals surface area contributed by atoms with Crippen molar-refractivity contribution in [3.8, 4) is 0 Å². The first kappa shape index (κ1) is 9.00. The van der Waals surface area contributed by atoms with Gasteiger partial charge in [-0.15, -0.1) is 0 Å². The molecule has 2 rings (SSSR count). The Hall–Kier alpha value is -0.570. The highest BCUT2D eigenvalue weighted by molar-refractivity contribution is 5.81. The van der Waals surface area contributed by atoms with Crippen molar-refractivity contribution in [2.75, 3.05) is 0 Å². The standard InChI is InChI=1S/C10H18N2O/c1-7(11-8-3-2-4-8)10(13)12-9-5-6-9/h7-9,11H,2-6H2,1H3,(H,12,13). The SMILES string of the molecule is CC(NC1CCC1)C(=O)NC1CC1. The highest BCUT2D eigenvalue weighted by atomic mass is 16.2. The minimum absolute atomic E-state index is 0.00843. The second-order valence-corrected chi connectivity index (χ2v) is 4.30. The van der Waals surface area contributed by atoms with Gasteiger partial charge in [-0.3, -0.25) is 4.79 Å². The summed E-state index contributed by atoms with van der Waals surface area (Å²) in [6.45, 7) is 1.95. The van der Waals surface area contributed by atoms with Crippen molar-refractivity contribution < 1.29 is 4.79 Å². The summed E-state index contributed by atoms with van der Waals surface area (Å²) in [5.74, 6) is 0.175. The van der Waals surface area contributed by atoms with Crippen LogP contribution >= 0.6 is 0 Å². The van der Waals surface area contributed by atoms with E-state index in [4.69, 9.17) is 0 Å². The smallest absolute Gasteiger partial charge is 0.237 e. The number of hydrogen-bond acceptors (Lipinski definition) is 2. The molecule has 0 spiro atoms. The fraction of sp³-hybridized carbons (Fsp3) is 0.900. The third kappa shape index (κ3) is 2.44. The van der Waals surface area contributed by atoms with Crippen molar-refractivity contribution in [2.24, 2.45) is 0 Å². The molecule has 3 nitrogen and oxygen atoms in total. The van der Waals surface area contributed by atoms with Crippen molar-refractivity contribution in [3.05, 3.63) is 0 Å². The first-order chi connectivity index (χ1) is 6.25. The Morgan fingerprint density at radius 1 is 1.23 bits per heavy atom. The minimum Gasteiger partial charge on any atom is -0.352 e. The quantitative estimate of drug-likeness (QED) is 0.675. The number of carbonyl (C=O) groups excluding carboxylic acids is 1. The molecule has 0 aromatic heterocycles. The maximum absolute atomic E-state index is 11.5. The van der Waals surface area contributed by atoms with Gasteiger partial charge in [0.1, 0.15) is 0 Å². The predicted molar refractivity (Wildman–Crippen MR) is 51.4 cm³/mol. The van der Waals surface area contributed by atoms with Gasteiger partial charge in [-0.2, -0.15) is 0 Å². The second kappa shape index (κ2) is 3.66. The zero-order valence-corrected chi connectivity index (χ0v) is 8.18. The molecule has 2 saturated carbocycles. The average molecular weight is 182 g/mol. The summed E-state index contributed by atoms with van der Waals surface area (Å²) in [6, 6.07) is 1.07. The van der Waals surface area contributed by atoms with Crippen LogP contribution in [-0.2, 0) is 4.79 Å². The molecule has 2 N–H and O–H groups in total. The van der Waals surface area contributed by atoms with Crippen LogP contribution in [0.3, 0.4) is 0 Å².